The molecule has 6 atom stereocenters. The molecule has 5 heteroatoms. The van der Waals surface area contributed by atoms with E-state index >= 15 is 0 Å². The van der Waals surface area contributed by atoms with Gasteiger partial charge >= 0.3 is 5.97 Å². The molecule has 4 aliphatic carbocycles. The second kappa shape index (κ2) is 10.7. The van der Waals surface area contributed by atoms with Gasteiger partial charge in [-0.25, -0.2) is 4.79 Å². The number of hydrogen-bond donors (Lipinski definition) is 0. The highest BCUT2D eigenvalue weighted by atomic mass is 16.6. The lowest BCUT2D eigenvalue weighted by Gasteiger charge is -2.54. The molecule has 5 nitrogen and oxygen atoms in total. The predicted octanol–water partition coefficient (Wildman–Crippen LogP) is 5.63. The van der Waals surface area contributed by atoms with Crippen LogP contribution in [0.2, 0.25) is 0 Å². The van der Waals surface area contributed by atoms with E-state index in [0.29, 0.717) is 47.2 Å². The molecule has 6 unspecified atom stereocenters. The summed E-state index contributed by atoms with van der Waals surface area (Å²) >= 11 is 0. The standard InChI is InChI=1S/C28H33NO4.C2H2/c1-2-28-14-13-23-22-10-6-20(30)15-19(22)5-9-24(23)25(28)11-12-26(28)33-27(31)17-32-21-7-3-18(16-29)4-8-21;1-2/h3-4,7-8,15,22-26H,2,5-6,9-14,17H2,1H3;1-2H. The van der Waals surface area contributed by atoms with E-state index < -0.39 is 0 Å². The average molecular weight is 474 g/mol. The van der Waals surface area contributed by atoms with Gasteiger partial charge in [-0.1, -0.05) is 12.5 Å². The molecule has 3 saturated carbocycles. The van der Waals surface area contributed by atoms with E-state index in [1.807, 2.05) is 6.08 Å². The zero-order chi connectivity index (χ0) is 25.0. The Kier molecular flexibility index (Phi) is 7.66. The van der Waals surface area contributed by atoms with Crippen molar-refractivity contribution >= 4 is 11.8 Å². The maximum absolute atomic E-state index is 12.7. The topological polar surface area (TPSA) is 76.4 Å². The normalized spacial score (nSPS) is 32.9. The average Bonchev–Trinajstić information content (AvgIpc) is 3.27. The number of hydrogen-bond acceptors (Lipinski definition) is 5. The van der Waals surface area contributed by atoms with Crippen molar-refractivity contribution in [1.29, 1.82) is 5.26 Å². The molecule has 3 fully saturated rings. The van der Waals surface area contributed by atoms with Crippen LogP contribution in [0.5, 0.6) is 5.75 Å². The molecule has 1 aromatic rings. The fourth-order valence-corrected chi connectivity index (χ4v) is 7.75. The summed E-state index contributed by atoms with van der Waals surface area (Å²) in [5.74, 6) is 3.16. The van der Waals surface area contributed by atoms with Gasteiger partial charge < -0.3 is 9.47 Å². The molecule has 0 heterocycles. The van der Waals surface area contributed by atoms with Gasteiger partial charge in [-0.15, -0.1) is 12.8 Å². The molecule has 0 amide bonds. The summed E-state index contributed by atoms with van der Waals surface area (Å²) in [6, 6.07) is 8.85. The minimum Gasteiger partial charge on any atom is -0.482 e. The molecule has 0 spiro atoms. The van der Waals surface area contributed by atoms with E-state index in [4.69, 9.17) is 14.7 Å². The van der Waals surface area contributed by atoms with Crippen molar-refractivity contribution in [2.75, 3.05) is 6.61 Å². The summed E-state index contributed by atoms with van der Waals surface area (Å²) < 4.78 is 11.7. The first-order chi connectivity index (χ1) is 17.0. The number of fused-ring (bicyclic) bond motifs is 5. The van der Waals surface area contributed by atoms with Gasteiger partial charge in [-0.3, -0.25) is 4.79 Å². The molecule has 0 saturated heterocycles. The predicted molar refractivity (Wildman–Crippen MR) is 133 cm³/mol. The lowest BCUT2D eigenvalue weighted by molar-refractivity contribution is -0.163. The Bertz CT molecular complexity index is 1030. The van der Waals surface area contributed by atoms with Crippen LogP contribution in [0.15, 0.2) is 35.9 Å². The highest BCUT2D eigenvalue weighted by molar-refractivity contribution is 5.91. The van der Waals surface area contributed by atoms with Crippen molar-refractivity contribution in [3.63, 3.8) is 0 Å². The fourth-order valence-electron chi connectivity index (χ4n) is 7.75. The van der Waals surface area contributed by atoms with Crippen LogP contribution in [0.25, 0.3) is 0 Å². The largest absolute Gasteiger partial charge is 0.482 e. The van der Waals surface area contributed by atoms with E-state index in [2.05, 4.69) is 25.8 Å². The van der Waals surface area contributed by atoms with Crippen molar-refractivity contribution in [3.8, 4) is 24.7 Å². The maximum Gasteiger partial charge on any atom is 0.344 e. The number of allylic oxidation sites excluding steroid dienone is 1. The Hall–Kier alpha value is -3.05. The SMILES string of the molecule is C#C.CCC12CCC3C4CCC(=O)C=C4CCC3C1CCC2OC(=O)COc1ccc(C#N)cc1. The van der Waals surface area contributed by atoms with E-state index in [1.54, 1.807) is 24.3 Å². The van der Waals surface area contributed by atoms with Crippen molar-refractivity contribution < 1.29 is 19.1 Å². The molecular formula is C30H35NO4. The minimum absolute atomic E-state index is 0.0320. The van der Waals surface area contributed by atoms with Gasteiger partial charge in [0.05, 0.1) is 11.6 Å². The number of ketones is 1. The third-order valence-electron chi connectivity index (χ3n) is 9.21. The molecule has 5 rings (SSSR count). The van der Waals surface area contributed by atoms with E-state index in [9.17, 15) is 9.59 Å². The number of terminal acetylenes is 1. The molecule has 0 bridgehead atoms. The zero-order valence-electron chi connectivity index (χ0n) is 20.6. The number of carbonyl (C=O) groups is 2. The summed E-state index contributed by atoms with van der Waals surface area (Å²) in [5.41, 5.74) is 2.06. The first-order valence-electron chi connectivity index (χ1n) is 12.9. The number of rotatable bonds is 5. The Morgan fingerprint density at radius 2 is 1.86 bits per heavy atom. The molecule has 0 N–H and O–H groups in total. The van der Waals surface area contributed by atoms with E-state index in [-0.39, 0.29) is 24.1 Å². The first kappa shape index (κ1) is 25.1. The third kappa shape index (κ3) is 4.74. The van der Waals surface area contributed by atoms with Crippen LogP contribution in [0.1, 0.15) is 70.3 Å². The second-order valence-corrected chi connectivity index (χ2v) is 10.4. The summed E-state index contributed by atoms with van der Waals surface area (Å²) in [4.78, 5) is 24.6. The monoisotopic (exact) mass is 473 g/mol. The molecule has 35 heavy (non-hydrogen) atoms. The van der Waals surface area contributed by atoms with Gasteiger partial charge in [0.1, 0.15) is 11.9 Å². The Labute approximate surface area is 208 Å². The van der Waals surface area contributed by atoms with Gasteiger partial charge in [0.15, 0.2) is 12.4 Å². The van der Waals surface area contributed by atoms with Crippen molar-refractivity contribution in [2.24, 2.45) is 29.1 Å². The number of benzene rings is 1. The number of esters is 1. The third-order valence-corrected chi connectivity index (χ3v) is 9.21. The van der Waals surface area contributed by atoms with Gasteiger partial charge in [0.25, 0.3) is 0 Å². The van der Waals surface area contributed by atoms with E-state index in [0.717, 1.165) is 38.5 Å². The Balaban J connectivity index is 0.00000141. The molecule has 0 aromatic heterocycles. The minimum atomic E-state index is -0.306. The van der Waals surface area contributed by atoms with Gasteiger partial charge in [-0.2, -0.15) is 5.26 Å². The number of nitrogens with zero attached hydrogens (tertiary/aromatic N) is 1. The Morgan fingerprint density at radius 3 is 2.57 bits per heavy atom. The lowest BCUT2D eigenvalue weighted by atomic mass is 9.51. The fraction of sp³-hybridized carbons (Fsp3) is 0.567. The van der Waals surface area contributed by atoms with Crippen LogP contribution in [-0.4, -0.2) is 24.5 Å². The summed E-state index contributed by atoms with van der Waals surface area (Å²) in [5, 5.41) is 8.91. The maximum atomic E-state index is 12.7. The summed E-state index contributed by atoms with van der Waals surface area (Å²) in [7, 11) is 0. The van der Waals surface area contributed by atoms with Crippen LogP contribution < -0.4 is 4.74 Å². The number of ether oxygens (including phenoxy) is 2. The summed E-state index contributed by atoms with van der Waals surface area (Å²) in [6.07, 6.45) is 19.3. The Morgan fingerprint density at radius 1 is 1.09 bits per heavy atom. The lowest BCUT2D eigenvalue weighted by Crippen LogP contribution is -2.49. The summed E-state index contributed by atoms with van der Waals surface area (Å²) in [6.45, 7) is 2.16. The molecule has 184 valence electrons. The molecule has 4 aliphatic rings. The zero-order valence-corrected chi connectivity index (χ0v) is 20.6. The number of carbonyl (C=O) groups excluding carboxylic acids is 2. The van der Waals surface area contributed by atoms with E-state index in [1.165, 1.54) is 18.4 Å². The molecule has 0 radical (unpaired) electrons. The van der Waals surface area contributed by atoms with Crippen LogP contribution in [0, 0.1) is 53.3 Å². The van der Waals surface area contributed by atoms with Crippen molar-refractivity contribution in [1.82, 2.24) is 0 Å². The van der Waals surface area contributed by atoms with Crippen LogP contribution in [0.3, 0.4) is 0 Å². The van der Waals surface area contributed by atoms with Crippen molar-refractivity contribution in [2.45, 2.75) is 70.8 Å². The highest BCUT2D eigenvalue weighted by Crippen LogP contribution is 2.63. The first-order valence-corrected chi connectivity index (χ1v) is 12.9. The number of nitriles is 1. The van der Waals surface area contributed by atoms with Crippen molar-refractivity contribution in [3.05, 3.63) is 41.5 Å². The quantitative estimate of drug-likeness (QED) is 0.409. The van der Waals surface area contributed by atoms with Crippen LogP contribution >= 0.6 is 0 Å². The van der Waals surface area contributed by atoms with Gasteiger partial charge in [0.2, 0.25) is 0 Å². The van der Waals surface area contributed by atoms with Crippen LogP contribution in [0.4, 0.5) is 0 Å². The van der Waals surface area contributed by atoms with Gasteiger partial charge in [-0.05, 0) is 105 Å². The van der Waals surface area contributed by atoms with Crippen LogP contribution in [-0.2, 0) is 14.3 Å². The molecular weight excluding hydrogens is 438 g/mol. The smallest absolute Gasteiger partial charge is 0.344 e. The van der Waals surface area contributed by atoms with Gasteiger partial charge in [0, 0.05) is 11.8 Å². The highest BCUT2D eigenvalue weighted by Gasteiger charge is 2.58. The molecule has 0 aliphatic heterocycles. The second-order valence-electron chi connectivity index (χ2n) is 10.4. The molecule has 1 aromatic carbocycles.